The molecule has 1 N–H and O–H groups in total. The van der Waals surface area contributed by atoms with E-state index in [2.05, 4.69) is 9.97 Å². The van der Waals surface area contributed by atoms with Gasteiger partial charge >= 0.3 is 12.1 Å². The van der Waals surface area contributed by atoms with E-state index in [9.17, 15) is 18.0 Å². The number of hydrogen-bond acceptors (Lipinski definition) is 5. The van der Waals surface area contributed by atoms with Crippen LogP contribution in [-0.2, 0) is 4.79 Å². The van der Waals surface area contributed by atoms with Crippen molar-refractivity contribution in [2.45, 2.75) is 20.0 Å². The van der Waals surface area contributed by atoms with Crippen LogP contribution in [0.1, 0.15) is 12.7 Å². The molecule has 0 aliphatic carbocycles. The van der Waals surface area contributed by atoms with Crippen LogP contribution in [-0.4, -0.2) is 46.9 Å². The summed E-state index contributed by atoms with van der Waals surface area (Å²) in [6.45, 7) is 1.23. The van der Waals surface area contributed by atoms with Crippen LogP contribution in [0, 0.1) is 6.92 Å². The molecule has 0 unspecified atom stereocenters. The van der Waals surface area contributed by atoms with Crippen LogP contribution < -0.4 is 9.64 Å². The second-order valence-electron chi connectivity index (χ2n) is 3.91. The molecule has 0 aliphatic heterocycles. The Bertz CT molecular complexity index is 480. The van der Waals surface area contributed by atoms with Gasteiger partial charge in [-0.2, -0.15) is 18.2 Å². The maximum absolute atomic E-state index is 12.5. The zero-order chi connectivity index (χ0) is 15.3. The minimum atomic E-state index is -4.54. The van der Waals surface area contributed by atoms with Crippen LogP contribution in [0.25, 0.3) is 0 Å². The maximum atomic E-state index is 12.5. The number of anilines is 1. The van der Waals surface area contributed by atoms with Crippen molar-refractivity contribution in [1.82, 2.24) is 9.97 Å². The first-order chi connectivity index (χ1) is 9.21. The van der Waals surface area contributed by atoms with Gasteiger partial charge in [0.25, 0.3) is 0 Å². The fraction of sp³-hybridized carbons (Fsp3) is 0.545. The summed E-state index contributed by atoms with van der Waals surface area (Å²) >= 11 is 0. The zero-order valence-corrected chi connectivity index (χ0v) is 10.9. The monoisotopic (exact) mass is 293 g/mol. The number of hydrogen-bond donors (Lipinski definition) is 1. The van der Waals surface area contributed by atoms with Gasteiger partial charge in [0.15, 0.2) is 0 Å². The fourth-order valence-electron chi connectivity index (χ4n) is 1.51. The van der Waals surface area contributed by atoms with Crippen LogP contribution in [0.2, 0.25) is 0 Å². The molecule has 0 saturated carbocycles. The van der Waals surface area contributed by atoms with Gasteiger partial charge in [0.05, 0.1) is 6.61 Å². The number of rotatable bonds is 6. The summed E-state index contributed by atoms with van der Waals surface area (Å²) in [5.41, 5.74) is 0. The van der Waals surface area contributed by atoms with Crippen LogP contribution in [0.3, 0.4) is 0 Å². The van der Waals surface area contributed by atoms with Crippen LogP contribution in [0.4, 0.5) is 19.0 Å². The van der Waals surface area contributed by atoms with E-state index in [4.69, 9.17) is 9.84 Å². The van der Waals surface area contributed by atoms with Gasteiger partial charge in [-0.25, -0.2) is 4.98 Å². The molecule has 112 valence electrons. The normalized spacial score (nSPS) is 11.2. The summed E-state index contributed by atoms with van der Waals surface area (Å²) in [6, 6.07) is 1.19. The Morgan fingerprint density at radius 1 is 1.45 bits per heavy atom. The average Bonchev–Trinajstić information content (AvgIpc) is 2.25. The summed E-state index contributed by atoms with van der Waals surface area (Å²) in [6.07, 6.45) is -4.54. The van der Waals surface area contributed by atoms with Crippen molar-refractivity contribution in [3.8, 4) is 5.88 Å². The van der Waals surface area contributed by atoms with Crippen molar-refractivity contribution in [3.05, 3.63) is 11.9 Å². The van der Waals surface area contributed by atoms with Crippen molar-refractivity contribution in [2.75, 3.05) is 24.6 Å². The fourth-order valence-corrected chi connectivity index (χ4v) is 1.51. The molecule has 0 bridgehead atoms. The lowest BCUT2D eigenvalue weighted by atomic mass is 10.4. The highest BCUT2D eigenvalue weighted by Crippen LogP contribution is 2.23. The van der Waals surface area contributed by atoms with E-state index in [1.54, 1.807) is 6.92 Å². The van der Waals surface area contributed by atoms with Gasteiger partial charge in [0, 0.05) is 6.07 Å². The molecule has 0 aliphatic rings. The van der Waals surface area contributed by atoms with E-state index in [0.29, 0.717) is 4.90 Å². The highest BCUT2D eigenvalue weighted by molar-refractivity contribution is 5.73. The molecule has 0 radical (unpaired) electrons. The zero-order valence-electron chi connectivity index (χ0n) is 10.9. The third-order valence-corrected chi connectivity index (χ3v) is 2.11. The van der Waals surface area contributed by atoms with Crippen molar-refractivity contribution < 1.29 is 27.8 Å². The number of aryl methyl sites for hydroxylation is 1. The highest BCUT2D eigenvalue weighted by atomic mass is 19.4. The molecular weight excluding hydrogens is 279 g/mol. The molecular formula is C11H14F3N3O3. The topological polar surface area (TPSA) is 75.5 Å². The quantitative estimate of drug-likeness (QED) is 0.859. The summed E-state index contributed by atoms with van der Waals surface area (Å²) in [5, 5.41) is 8.70. The van der Waals surface area contributed by atoms with Crippen molar-refractivity contribution in [3.63, 3.8) is 0 Å². The summed E-state index contributed by atoms with van der Waals surface area (Å²) in [4.78, 5) is 19.0. The smallest absolute Gasteiger partial charge is 0.405 e. The molecule has 0 spiro atoms. The van der Waals surface area contributed by atoms with Crippen LogP contribution in [0.5, 0.6) is 5.88 Å². The summed E-state index contributed by atoms with van der Waals surface area (Å²) in [7, 11) is 0. The molecule has 0 atom stereocenters. The van der Waals surface area contributed by atoms with E-state index in [1.807, 2.05) is 0 Å². The van der Waals surface area contributed by atoms with E-state index in [1.165, 1.54) is 13.0 Å². The van der Waals surface area contributed by atoms with E-state index < -0.39 is 25.2 Å². The Hall–Kier alpha value is -2.06. The molecule has 20 heavy (non-hydrogen) atoms. The lowest BCUT2D eigenvalue weighted by Gasteiger charge is -2.23. The molecule has 0 fully saturated rings. The Morgan fingerprint density at radius 3 is 2.60 bits per heavy atom. The van der Waals surface area contributed by atoms with Crippen LogP contribution >= 0.6 is 0 Å². The van der Waals surface area contributed by atoms with Crippen molar-refractivity contribution in [1.29, 1.82) is 0 Å². The number of ether oxygens (including phenoxy) is 1. The number of aromatic nitrogens is 2. The molecule has 1 aromatic heterocycles. The number of carbonyl (C=O) groups is 1. The first-order valence-electron chi connectivity index (χ1n) is 5.73. The van der Waals surface area contributed by atoms with Gasteiger partial charge in [-0.05, 0) is 13.8 Å². The van der Waals surface area contributed by atoms with Gasteiger partial charge < -0.3 is 14.7 Å². The highest BCUT2D eigenvalue weighted by Gasteiger charge is 2.32. The Morgan fingerprint density at radius 2 is 2.10 bits per heavy atom. The van der Waals surface area contributed by atoms with E-state index in [0.717, 1.165) is 0 Å². The predicted octanol–water partition coefficient (Wildman–Crippen LogP) is 1.64. The largest absolute Gasteiger partial charge is 0.480 e. The van der Waals surface area contributed by atoms with Gasteiger partial charge in [-0.1, -0.05) is 0 Å². The third-order valence-electron chi connectivity index (χ3n) is 2.11. The van der Waals surface area contributed by atoms with Gasteiger partial charge in [-0.15, -0.1) is 0 Å². The maximum Gasteiger partial charge on any atom is 0.405 e. The lowest BCUT2D eigenvalue weighted by molar-refractivity contribution is -0.136. The SMILES string of the molecule is CCOc1cc(N(CC(=O)O)CC(F)(F)F)nc(C)n1. The van der Waals surface area contributed by atoms with Crippen molar-refractivity contribution >= 4 is 11.8 Å². The number of alkyl halides is 3. The number of carboxylic acid groups (broad SMARTS) is 1. The minimum Gasteiger partial charge on any atom is -0.480 e. The summed E-state index contributed by atoms with van der Waals surface area (Å²) < 4.78 is 42.6. The van der Waals surface area contributed by atoms with E-state index in [-0.39, 0.29) is 24.1 Å². The van der Waals surface area contributed by atoms with Gasteiger partial charge in [0.2, 0.25) is 5.88 Å². The summed E-state index contributed by atoms with van der Waals surface area (Å²) in [5.74, 6) is -1.22. The number of nitrogens with zero attached hydrogens (tertiary/aromatic N) is 3. The lowest BCUT2D eigenvalue weighted by Crippen LogP contribution is -2.38. The number of aliphatic carboxylic acids is 1. The molecule has 6 nitrogen and oxygen atoms in total. The average molecular weight is 293 g/mol. The molecule has 1 heterocycles. The predicted molar refractivity (Wildman–Crippen MR) is 63.8 cm³/mol. The second kappa shape index (κ2) is 6.40. The van der Waals surface area contributed by atoms with Gasteiger partial charge in [0.1, 0.15) is 24.7 Å². The molecule has 1 aromatic rings. The Labute approximate surface area is 113 Å². The van der Waals surface area contributed by atoms with E-state index >= 15 is 0 Å². The third kappa shape index (κ3) is 5.29. The Kier molecular flexibility index (Phi) is 5.12. The first kappa shape index (κ1) is 16.0. The molecule has 9 heteroatoms. The molecule has 0 saturated heterocycles. The second-order valence-corrected chi connectivity index (χ2v) is 3.91. The van der Waals surface area contributed by atoms with Crippen LogP contribution in [0.15, 0.2) is 6.07 Å². The molecule has 1 rings (SSSR count). The van der Waals surface area contributed by atoms with Crippen molar-refractivity contribution in [2.24, 2.45) is 0 Å². The first-order valence-corrected chi connectivity index (χ1v) is 5.73. The molecule has 0 aromatic carbocycles. The van der Waals surface area contributed by atoms with Gasteiger partial charge in [-0.3, -0.25) is 4.79 Å². The number of halogens is 3. The Balaban J connectivity index is 3.08. The minimum absolute atomic E-state index is 0.104. The molecule has 0 amide bonds. The standard InChI is InChI=1S/C11H14F3N3O3/c1-3-20-9-4-8(15-7(2)16-9)17(5-10(18)19)6-11(12,13)14/h4H,3,5-6H2,1-2H3,(H,18,19). The number of carboxylic acids is 1.